The van der Waals surface area contributed by atoms with E-state index in [2.05, 4.69) is 10.6 Å². The number of aliphatic hydroxyl groups is 1. The Morgan fingerprint density at radius 3 is 2.78 bits per heavy atom. The fourth-order valence-electron chi connectivity index (χ4n) is 1.88. The van der Waals surface area contributed by atoms with Crippen molar-refractivity contribution in [3.05, 3.63) is 21.9 Å². The number of piperidine rings is 1. The van der Waals surface area contributed by atoms with Gasteiger partial charge in [-0.05, 0) is 32.0 Å². The summed E-state index contributed by atoms with van der Waals surface area (Å²) in [5.41, 5.74) is 0. The standard InChI is InChI=1S/C12H16N2O3S/c1-7(15)10-2-3-11(18-10)12(17)14-8-6-13-5-4-9(8)16/h2-3,8-9,13,16H,4-6H2,1H3,(H,14,17)/t8-,9+/m0/s1. The van der Waals surface area contributed by atoms with Crippen molar-refractivity contribution < 1.29 is 14.7 Å². The van der Waals surface area contributed by atoms with E-state index in [-0.39, 0.29) is 17.7 Å². The summed E-state index contributed by atoms with van der Waals surface area (Å²) in [5, 5.41) is 15.7. The molecule has 0 spiro atoms. The van der Waals surface area contributed by atoms with E-state index in [0.29, 0.717) is 22.7 Å². The van der Waals surface area contributed by atoms with E-state index in [4.69, 9.17) is 0 Å². The highest BCUT2D eigenvalue weighted by Crippen LogP contribution is 2.17. The lowest BCUT2D eigenvalue weighted by Crippen LogP contribution is -2.53. The van der Waals surface area contributed by atoms with Crippen LogP contribution in [-0.4, -0.2) is 42.0 Å². The highest BCUT2D eigenvalue weighted by Gasteiger charge is 2.25. The molecule has 5 nitrogen and oxygen atoms in total. The van der Waals surface area contributed by atoms with Crippen LogP contribution in [0.1, 0.15) is 32.7 Å². The van der Waals surface area contributed by atoms with Gasteiger partial charge < -0.3 is 15.7 Å². The van der Waals surface area contributed by atoms with Gasteiger partial charge in [-0.25, -0.2) is 0 Å². The quantitative estimate of drug-likeness (QED) is 0.694. The van der Waals surface area contributed by atoms with Crippen LogP contribution in [0.2, 0.25) is 0 Å². The molecular formula is C12H16N2O3S. The van der Waals surface area contributed by atoms with Crippen molar-refractivity contribution in [2.45, 2.75) is 25.5 Å². The average molecular weight is 268 g/mol. The largest absolute Gasteiger partial charge is 0.391 e. The maximum absolute atomic E-state index is 11.9. The van der Waals surface area contributed by atoms with E-state index in [1.54, 1.807) is 12.1 Å². The number of thiophene rings is 1. The Morgan fingerprint density at radius 1 is 1.44 bits per heavy atom. The zero-order valence-electron chi connectivity index (χ0n) is 10.1. The Labute approximate surface area is 109 Å². The number of amides is 1. The molecule has 1 saturated heterocycles. The maximum Gasteiger partial charge on any atom is 0.261 e. The molecule has 0 bridgehead atoms. The maximum atomic E-state index is 11.9. The molecule has 1 aromatic heterocycles. The predicted octanol–water partition coefficient (Wildman–Crippen LogP) is 0.403. The van der Waals surface area contributed by atoms with Gasteiger partial charge in [-0.1, -0.05) is 0 Å². The van der Waals surface area contributed by atoms with E-state index >= 15 is 0 Å². The van der Waals surface area contributed by atoms with Crippen molar-refractivity contribution >= 4 is 23.0 Å². The highest BCUT2D eigenvalue weighted by molar-refractivity contribution is 7.15. The molecule has 6 heteroatoms. The van der Waals surface area contributed by atoms with Gasteiger partial charge in [-0.15, -0.1) is 11.3 Å². The molecule has 2 heterocycles. The molecule has 98 valence electrons. The van der Waals surface area contributed by atoms with Crippen LogP contribution in [0.5, 0.6) is 0 Å². The molecule has 0 radical (unpaired) electrons. The number of Topliss-reactive ketones (excluding diaryl/α,β-unsaturated/α-hetero) is 1. The van der Waals surface area contributed by atoms with Crippen molar-refractivity contribution in [1.82, 2.24) is 10.6 Å². The Bertz CT molecular complexity index is 458. The van der Waals surface area contributed by atoms with E-state index in [0.717, 1.165) is 6.54 Å². The first kappa shape index (κ1) is 13.2. The first-order valence-corrected chi connectivity index (χ1v) is 6.70. The van der Waals surface area contributed by atoms with Crippen molar-refractivity contribution in [3.8, 4) is 0 Å². The first-order valence-electron chi connectivity index (χ1n) is 5.88. The summed E-state index contributed by atoms with van der Waals surface area (Å²) in [7, 11) is 0. The number of carbonyl (C=O) groups excluding carboxylic acids is 2. The van der Waals surface area contributed by atoms with Gasteiger partial charge in [0.1, 0.15) is 0 Å². The van der Waals surface area contributed by atoms with Gasteiger partial charge in [0, 0.05) is 6.54 Å². The van der Waals surface area contributed by atoms with Crippen LogP contribution in [-0.2, 0) is 0 Å². The minimum atomic E-state index is -0.512. The molecule has 1 aliphatic rings. The van der Waals surface area contributed by atoms with Gasteiger partial charge in [0.2, 0.25) is 0 Å². The average Bonchev–Trinajstić information content (AvgIpc) is 2.81. The fraction of sp³-hybridized carbons (Fsp3) is 0.500. The molecule has 2 atom stereocenters. The van der Waals surface area contributed by atoms with Crippen LogP contribution in [0.25, 0.3) is 0 Å². The molecule has 0 aromatic carbocycles. The molecule has 1 fully saturated rings. The van der Waals surface area contributed by atoms with Crippen LogP contribution in [0.4, 0.5) is 0 Å². The van der Waals surface area contributed by atoms with Gasteiger partial charge in [0.05, 0.1) is 21.9 Å². The third-order valence-corrected chi connectivity index (χ3v) is 4.12. The second-order valence-corrected chi connectivity index (χ2v) is 5.44. The monoisotopic (exact) mass is 268 g/mol. The van der Waals surface area contributed by atoms with Crippen LogP contribution >= 0.6 is 11.3 Å². The summed E-state index contributed by atoms with van der Waals surface area (Å²) < 4.78 is 0. The zero-order chi connectivity index (χ0) is 13.1. The number of hydrogen-bond acceptors (Lipinski definition) is 5. The number of hydrogen-bond donors (Lipinski definition) is 3. The van der Waals surface area contributed by atoms with Gasteiger partial charge in [-0.3, -0.25) is 9.59 Å². The van der Waals surface area contributed by atoms with E-state index < -0.39 is 6.10 Å². The highest BCUT2D eigenvalue weighted by atomic mass is 32.1. The minimum Gasteiger partial charge on any atom is -0.391 e. The summed E-state index contributed by atoms with van der Waals surface area (Å²) in [6, 6.07) is 3.02. The number of rotatable bonds is 3. The summed E-state index contributed by atoms with van der Waals surface area (Å²) in [4.78, 5) is 24.2. The molecular weight excluding hydrogens is 252 g/mol. The normalized spacial score (nSPS) is 23.7. The second kappa shape index (κ2) is 5.60. The SMILES string of the molecule is CC(=O)c1ccc(C(=O)N[C@H]2CNCC[C@H]2O)s1. The molecule has 3 N–H and O–H groups in total. The summed E-state index contributed by atoms with van der Waals surface area (Å²) >= 11 is 1.18. The van der Waals surface area contributed by atoms with Crippen LogP contribution in [0, 0.1) is 0 Å². The topological polar surface area (TPSA) is 78.4 Å². The molecule has 0 unspecified atom stereocenters. The van der Waals surface area contributed by atoms with Gasteiger partial charge in [0.15, 0.2) is 5.78 Å². The second-order valence-electron chi connectivity index (χ2n) is 4.36. The van der Waals surface area contributed by atoms with Gasteiger partial charge in [-0.2, -0.15) is 0 Å². The minimum absolute atomic E-state index is 0.0431. The molecule has 18 heavy (non-hydrogen) atoms. The summed E-state index contributed by atoms with van der Waals surface area (Å²) in [5.74, 6) is -0.279. The smallest absolute Gasteiger partial charge is 0.261 e. The van der Waals surface area contributed by atoms with E-state index in [9.17, 15) is 14.7 Å². The molecule has 2 rings (SSSR count). The molecule has 0 saturated carbocycles. The lowest BCUT2D eigenvalue weighted by atomic mass is 10.0. The lowest BCUT2D eigenvalue weighted by molar-refractivity contribution is 0.0758. The molecule has 1 aliphatic heterocycles. The Morgan fingerprint density at radius 2 is 2.17 bits per heavy atom. The van der Waals surface area contributed by atoms with Crippen molar-refractivity contribution in [3.63, 3.8) is 0 Å². The zero-order valence-corrected chi connectivity index (χ0v) is 10.9. The van der Waals surface area contributed by atoms with Gasteiger partial charge >= 0.3 is 0 Å². The Kier molecular flexibility index (Phi) is 4.11. The fourth-order valence-corrected chi connectivity index (χ4v) is 2.69. The number of aliphatic hydroxyl groups excluding tert-OH is 1. The third kappa shape index (κ3) is 2.95. The summed E-state index contributed by atoms with van der Waals surface area (Å²) in [6.07, 6.45) is 0.121. The first-order chi connectivity index (χ1) is 8.58. The van der Waals surface area contributed by atoms with Crippen LogP contribution in [0.3, 0.4) is 0 Å². The van der Waals surface area contributed by atoms with E-state index in [1.807, 2.05) is 0 Å². The molecule has 1 amide bonds. The van der Waals surface area contributed by atoms with Crippen molar-refractivity contribution in [1.29, 1.82) is 0 Å². The summed E-state index contributed by atoms with van der Waals surface area (Å²) in [6.45, 7) is 2.81. The van der Waals surface area contributed by atoms with Crippen molar-refractivity contribution in [2.75, 3.05) is 13.1 Å². The Hall–Kier alpha value is -1.24. The Balaban J connectivity index is 2.00. The molecule has 0 aliphatic carbocycles. The number of carbonyl (C=O) groups is 2. The van der Waals surface area contributed by atoms with E-state index in [1.165, 1.54) is 18.3 Å². The van der Waals surface area contributed by atoms with Crippen molar-refractivity contribution in [2.24, 2.45) is 0 Å². The van der Waals surface area contributed by atoms with Crippen LogP contribution < -0.4 is 10.6 Å². The predicted molar refractivity (Wildman–Crippen MR) is 69.1 cm³/mol. The third-order valence-electron chi connectivity index (χ3n) is 2.94. The number of ketones is 1. The van der Waals surface area contributed by atoms with Crippen LogP contribution in [0.15, 0.2) is 12.1 Å². The molecule has 1 aromatic rings. The lowest BCUT2D eigenvalue weighted by Gasteiger charge is -2.28. The number of nitrogens with one attached hydrogen (secondary N) is 2. The van der Waals surface area contributed by atoms with Gasteiger partial charge in [0.25, 0.3) is 5.91 Å².